The lowest BCUT2D eigenvalue weighted by Gasteiger charge is -2.45. The van der Waals surface area contributed by atoms with Crippen molar-refractivity contribution >= 4 is 64.8 Å². The molecule has 4 amide bonds. The van der Waals surface area contributed by atoms with Gasteiger partial charge in [-0.05, 0) is 275 Å². The van der Waals surface area contributed by atoms with Gasteiger partial charge in [0, 0.05) is 55.4 Å². The standard InChI is InChI=1S/C26H25N5O.C25H25F4N3O.C25H25FN4O.C24H25ClFN3O/c1-16-6-8-25(9-7-16)14-19-5-4-18(20-10-17(15-27)11-21(12-20)29-2)13-22(19)26(25)23(32)31(3)24(28)30-26;1-14-5-7-23(8-6-14)13-16-4-3-15(17-9-18(25(27,28)29)12-19(26)10-17)11-20(16)24(23)21(33)32(2)22(30)31-24;1-15-7-9-24(10-8-15)13-18-4-3-17(16-5-6-21(26)19(11-16)14-27)12-20(18)25(24)22(31)30(2)23(28)29-25;1-14-7-9-23(10-8-14)13-17-4-3-15(16-5-6-20(26)19(25)12-16)11-18(17)24(23)21(30)29(2)22(27)28-24/h4-5,10-13,16H,6-9,14H2,1,3H3,(H2,28,30);3-4,9-12,14H,5-8,13H2,1-2H3,(H2,30,31);3-6,11-12,15H,7-10,13H2,1-2H3,(H2,28,29);3-6,11-12,14H,7-10,13H2,1-2H3,(H2,27,28). The number of carbonyl (C=O) groups is 4. The SMILES string of the molecule is CC1CCC2(CC1)Cc1ccc(-c3cc(F)cc(C(F)(F)F)c3)cc1C21N=C(N)N(C)C1=O.CC1CCC2(CC1)Cc1ccc(-c3ccc(F)c(C#N)c3)cc1C21N=C(N)N(C)C1=O.CC1CCC2(CC1)Cc1ccc(-c3ccc(F)c(Cl)c3)cc1C21N=C(N)N(C)C1=O.[C-]#[N+]c1cc(C#N)cc(-c2ccc3c(c2)C2(N=C(N)N(C)C2=O)C2(CCC(C)CC2)C3)c1. The summed E-state index contributed by atoms with van der Waals surface area (Å²) < 4.78 is 81.5. The van der Waals surface area contributed by atoms with Gasteiger partial charge in [0.2, 0.25) is 0 Å². The molecular formula is C100H100ClF6N15O4. The fourth-order valence-electron chi connectivity index (χ4n) is 23.5. The number of likely N-dealkylation sites (N-methyl/N-ethyl adjacent to an activating group) is 4. The van der Waals surface area contributed by atoms with Gasteiger partial charge in [0.1, 0.15) is 23.5 Å². The quantitative estimate of drug-likeness (QED) is 0.0954. The summed E-state index contributed by atoms with van der Waals surface area (Å²) in [6, 6.07) is 44.6. The number of fused-ring (bicyclic) bond motifs is 12. The number of aliphatic imine (C=N–C) groups is 4. The summed E-state index contributed by atoms with van der Waals surface area (Å²) in [5.74, 6) is 1.14. The molecule has 8 aromatic carbocycles. The predicted molar refractivity (Wildman–Crippen MR) is 472 cm³/mol. The Morgan fingerprint density at radius 2 is 0.706 bits per heavy atom. The van der Waals surface area contributed by atoms with Gasteiger partial charge >= 0.3 is 6.18 Å². The molecule has 8 aliphatic carbocycles. The molecule has 8 aromatic rings. The number of hydrogen-bond acceptors (Lipinski definition) is 14. The van der Waals surface area contributed by atoms with Crippen LogP contribution in [0.25, 0.3) is 49.4 Å². The summed E-state index contributed by atoms with van der Waals surface area (Å²) in [5.41, 5.74) is 32.4. The van der Waals surface area contributed by atoms with Gasteiger partial charge in [-0.1, -0.05) is 151 Å². The Bertz CT molecular complexity index is 6150. The van der Waals surface area contributed by atoms with Crippen molar-refractivity contribution in [2.45, 2.75) is 184 Å². The minimum atomic E-state index is -4.67. The Hall–Kier alpha value is -12.1. The first-order valence-electron chi connectivity index (χ1n) is 43.4. The van der Waals surface area contributed by atoms with Gasteiger partial charge in [-0.3, -0.25) is 38.8 Å². The van der Waals surface area contributed by atoms with E-state index in [0.29, 0.717) is 58.5 Å². The molecule has 12 aliphatic rings. The maximum absolute atomic E-state index is 14.1. The van der Waals surface area contributed by atoms with E-state index in [1.807, 2.05) is 48.5 Å². The van der Waals surface area contributed by atoms with E-state index >= 15 is 0 Å². The summed E-state index contributed by atoms with van der Waals surface area (Å²) >= 11 is 6.02. The van der Waals surface area contributed by atoms with Crippen LogP contribution < -0.4 is 22.9 Å². The predicted octanol–water partition coefficient (Wildman–Crippen LogP) is 18.7. The lowest BCUT2D eigenvalue weighted by Crippen LogP contribution is -2.50. The summed E-state index contributed by atoms with van der Waals surface area (Å²) in [7, 11) is 6.70. The number of benzene rings is 8. The molecule has 648 valence electrons. The number of amides is 4. The van der Waals surface area contributed by atoms with Crippen LogP contribution in [0.15, 0.2) is 166 Å². The highest BCUT2D eigenvalue weighted by Gasteiger charge is 2.70. The van der Waals surface area contributed by atoms with E-state index in [4.69, 9.17) is 61.1 Å². The first-order valence-corrected chi connectivity index (χ1v) is 43.8. The molecule has 0 aromatic heterocycles. The molecular weight excluding hydrogens is 1620 g/mol. The fraction of sp³-hybridized carbons (Fsp3) is 0.410. The van der Waals surface area contributed by atoms with Gasteiger partial charge in [-0.15, -0.1) is 0 Å². The molecule has 0 radical (unpaired) electrons. The summed E-state index contributed by atoms with van der Waals surface area (Å²) in [5, 5.41) is 18.7. The van der Waals surface area contributed by atoms with Crippen molar-refractivity contribution in [1.82, 2.24) is 19.6 Å². The molecule has 4 saturated carbocycles. The van der Waals surface area contributed by atoms with Gasteiger partial charge in [0.25, 0.3) is 23.6 Å². The average molecular weight is 1730 g/mol. The van der Waals surface area contributed by atoms with Crippen molar-refractivity contribution in [2.24, 2.45) is 88.2 Å². The van der Waals surface area contributed by atoms with Crippen LogP contribution in [-0.4, -0.2) is 95.3 Å². The van der Waals surface area contributed by atoms with Crippen LogP contribution in [0.1, 0.15) is 192 Å². The van der Waals surface area contributed by atoms with E-state index in [1.165, 1.54) is 31.7 Å². The topological polar surface area (TPSA) is 287 Å². The van der Waals surface area contributed by atoms with Crippen LogP contribution >= 0.6 is 11.6 Å². The van der Waals surface area contributed by atoms with Crippen molar-refractivity contribution < 1.29 is 45.5 Å². The van der Waals surface area contributed by atoms with Gasteiger partial charge in [0.15, 0.2) is 51.7 Å². The molecule has 8 spiro atoms. The van der Waals surface area contributed by atoms with E-state index in [1.54, 1.807) is 82.8 Å². The zero-order valence-corrected chi connectivity index (χ0v) is 72.6. The highest BCUT2D eigenvalue weighted by atomic mass is 35.5. The largest absolute Gasteiger partial charge is 0.416 e. The van der Waals surface area contributed by atoms with Crippen LogP contribution in [0, 0.1) is 92.0 Å². The van der Waals surface area contributed by atoms with Crippen molar-refractivity contribution in [2.75, 3.05) is 28.2 Å². The molecule has 4 unspecified atom stereocenters. The number of halogens is 7. The van der Waals surface area contributed by atoms with Crippen molar-refractivity contribution in [1.29, 1.82) is 10.5 Å². The molecule has 4 fully saturated rings. The third-order valence-electron chi connectivity index (χ3n) is 30.8. The zero-order chi connectivity index (χ0) is 89.7. The maximum Gasteiger partial charge on any atom is 0.416 e. The fourth-order valence-corrected chi connectivity index (χ4v) is 23.6. The van der Waals surface area contributed by atoms with Crippen LogP contribution in [0.3, 0.4) is 0 Å². The minimum absolute atomic E-state index is 0.00407. The van der Waals surface area contributed by atoms with E-state index in [-0.39, 0.29) is 79.9 Å². The Morgan fingerprint density at radius 1 is 0.405 bits per heavy atom. The van der Waals surface area contributed by atoms with Gasteiger partial charge < -0.3 is 22.9 Å². The number of carbonyl (C=O) groups excluding carboxylic acids is 4. The number of nitrogens with zero attached hydrogens (tertiary/aromatic N) is 11. The third kappa shape index (κ3) is 13.3. The lowest BCUT2D eigenvalue weighted by atomic mass is 9.60. The van der Waals surface area contributed by atoms with E-state index < -0.39 is 56.8 Å². The first-order chi connectivity index (χ1) is 59.9. The Labute approximate surface area is 734 Å². The van der Waals surface area contributed by atoms with Crippen LogP contribution in [-0.2, 0) is 73.2 Å². The van der Waals surface area contributed by atoms with E-state index in [0.717, 1.165) is 206 Å². The number of nitriles is 2. The Balaban J connectivity index is 0.000000119. The second-order valence-corrected chi connectivity index (χ2v) is 38.3. The van der Waals surface area contributed by atoms with E-state index in [2.05, 4.69) is 56.8 Å². The van der Waals surface area contributed by atoms with Crippen molar-refractivity contribution in [3.8, 4) is 56.6 Å². The molecule has 19 nitrogen and oxygen atoms in total. The average Bonchev–Trinajstić information content (AvgIpc) is 1.54. The monoisotopic (exact) mass is 1720 g/mol. The first kappa shape index (κ1) is 86.0. The molecule has 4 aliphatic heterocycles. The number of guanidine groups is 4. The summed E-state index contributed by atoms with van der Waals surface area (Å²) in [4.78, 5) is 83.5. The molecule has 126 heavy (non-hydrogen) atoms. The van der Waals surface area contributed by atoms with Crippen LogP contribution in [0.2, 0.25) is 5.02 Å². The number of hydrogen-bond donors (Lipinski definition) is 4. The van der Waals surface area contributed by atoms with Crippen LogP contribution in [0.5, 0.6) is 0 Å². The van der Waals surface area contributed by atoms with Crippen molar-refractivity contribution in [3.63, 3.8) is 0 Å². The summed E-state index contributed by atoms with van der Waals surface area (Å²) in [6.07, 6.45) is 14.1. The summed E-state index contributed by atoms with van der Waals surface area (Å²) in [6.45, 7) is 16.4. The number of nitrogens with two attached hydrogens (primary N) is 4. The molecule has 20 rings (SSSR count). The van der Waals surface area contributed by atoms with E-state index in [9.17, 15) is 56.0 Å². The second kappa shape index (κ2) is 31.2. The zero-order valence-electron chi connectivity index (χ0n) is 71.8. The van der Waals surface area contributed by atoms with Gasteiger partial charge in [0.05, 0.1) is 28.8 Å². The molecule has 8 N–H and O–H groups in total. The molecule has 4 atom stereocenters. The highest BCUT2D eigenvalue weighted by molar-refractivity contribution is 6.31. The van der Waals surface area contributed by atoms with Crippen LogP contribution in [0.4, 0.5) is 32.0 Å². The third-order valence-corrected chi connectivity index (χ3v) is 31.1. The lowest BCUT2D eigenvalue weighted by molar-refractivity contribution is -0.138. The maximum atomic E-state index is 14.1. The van der Waals surface area contributed by atoms with Gasteiger partial charge in [-0.2, -0.15) is 23.7 Å². The Morgan fingerprint density at radius 3 is 1.00 bits per heavy atom. The molecule has 26 heteroatoms. The minimum Gasteiger partial charge on any atom is -0.369 e. The van der Waals surface area contributed by atoms with Crippen molar-refractivity contribution in [3.05, 3.63) is 241 Å². The highest BCUT2D eigenvalue weighted by Crippen LogP contribution is 2.68. The number of rotatable bonds is 4. The molecule has 4 heterocycles. The molecule has 0 saturated heterocycles. The second-order valence-electron chi connectivity index (χ2n) is 37.9. The normalized spacial score (nSPS) is 29.3. The van der Waals surface area contributed by atoms with Gasteiger partial charge in [-0.25, -0.2) is 38.0 Å². The number of alkyl halides is 3. The Kier molecular flexibility index (Phi) is 21.3. The smallest absolute Gasteiger partial charge is 0.369 e. The molecule has 0 bridgehead atoms.